The minimum absolute atomic E-state index is 1.12. The Bertz CT molecular complexity index is 82.9. The molecule has 1 fully saturated rings. The van der Waals surface area contributed by atoms with Crippen molar-refractivity contribution in [1.29, 1.82) is 0 Å². The van der Waals surface area contributed by atoms with Gasteiger partial charge in [-0.2, -0.15) is 0 Å². The van der Waals surface area contributed by atoms with Gasteiger partial charge in [0.1, 0.15) is 0 Å². The molecule has 0 aromatic carbocycles. The molecule has 2 radical (unpaired) electrons. The van der Waals surface area contributed by atoms with Crippen molar-refractivity contribution in [1.82, 2.24) is 0 Å². The number of rotatable bonds is 3. The SMILES string of the molecule is [SnH][CH2]CCC1CCCCCC1. The molecule has 64 valence electrons. The average Bonchev–Trinajstić information content (AvgIpc) is 2.28. The van der Waals surface area contributed by atoms with Gasteiger partial charge in [0, 0.05) is 0 Å². The van der Waals surface area contributed by atoms with Gasteiger partial charge in [-0.1, -0.05) is 0 Å². The molecule has 0 aromatic rings. The Labute approximate surface area is 84.2 Å². The van der Waals surface area contributed by atoms with E-state index in [0.717, 1.165) is 5.92 Å². The van der Waals surface area contributed by atoms with E-state index in [0.29, 0.717) is 0 Å². The molecule has 0 nitrogen and oxygen atoms in total. The van der Waals surface area contributed by atoms with Gasteiger partial charge in [-0.05, 0) is 0 Å². The second-order valence-corrected chi connectivity index (χ2v) is 5.44. The molecule has 0 aromatic heterocycles. The Morgan fingerprint density at radius 1 is 1.00 bits per heavy atom. The molecule has 0 aliphatic heterocycles. The zero-order valence-electron chi connectivity index (χ0n) is 7.52. The van der Waals surface area contributed by atoms with Crippen LogP contribution in [0.2, 0.25) is 4.44 Å². The van der Waals surface area contributed by atoms with Crippen LogP contribution < -0.4 is 0 Å². The van der Waals surface area contributed by atoms with Crippen LogP contribution in [0.1, 0.15) is 51.4 Å². The van der Waals surface area contributed by atoms with Crippen LogP contribution in [0.15, 0.2) is 0 Å². The predicted molar refractivity (Wildman–Crippen MR) is 52.4 cm³/mol. The molecule has 1 rings (SSSR count). The Balaban J connectivity index is 2.09. The summed E-state index contributed by atoms with van der Waals surface area (Å²) in [5.74, 6) is 1.12. The van der Waals surface area contributed by atoms with Gasteiger partial charge in [0.2, 0.25) is 0 Å². The molecule has 0 heterocycles. The molecule has 1 heteroatoms. The van der Waals surface area contributed by atoms with Gasteiger partial charge in [-0.25, -0.2) is 0 Å². The van der Waals surface area contributed by atoms with Crippen LogP contribution >= 0.6 is 0 Å². The van der Waals surface area contributed by atoms with Crippen molar-refractivity contribution < 1.29 is 0 Å². The van der Waals surface area contributed by atoms with Gasteiger partial charge in [0.15, 0.2) is 0 Å². The summed E-state index contributed by atoms with van der Waals surface area (Å²) in [5, 5.41) is 0. The van der Waals surface area contributed by atoms with Crippen molar-refractivity contribution in [3.8, 4) is 0 Å². The molecule has 0 N–H and O–H groups in total. The topological polar surface area (TPSA) is 0 Å². The van der Waals surface area contributed by atoms with Crippen LogP contribution in [0.4, 0.5) is 0 Å². The third-order valence-corrected chi connectivity index (χ3v) is 3.96. The minimum atomic E-state index is 1.12. The molecule has 1 aliphatic rings. The Kier molecular flexibility index (Phi) is 5.69. The summed E-state index contributed by atoms with van der Waals surface area (Å²) in [6.07, 6.45) is 12.2. The van der Waals surface area contributed by atoms with E-state index in [4.69, 9.17) is 0 Å². The first kappa shape index (κ1) is 9.88. The van der Waals surface area contributed by atoms with E-state index in [9.17, 15) is 0 Å². The Morgan fingerprint density at radius 3 is 2.18 bits per heavy atom. The maximum atomic E-state index is 1.54. The molecule has 1 aliphatic carbocycles. The quantitative estimate of drug-likeness (QED) is 0.539. The van der Waals surface area contributed by atoms with Crippen molar-refractivity contribution in [2.75, 3.05) is 0 Å². The summed E-state index contributed by atoms with van der Waals surface area (Å²) in [4.78, 5) is 0. The van der Waals surface area contributed by atoms with Gasteiger partial charge >= 0.3 is 84.2 Å². The van der Waals surface area contributed by atoms with E-state index < -0.39 is 0 Å². The first-order valence-corrected chi connectivity index (χ1v) is 7.46. The summed E-state index contributed by atoms with van der Waals surface area (Å²) in [5.41, 5.74) is 0. The predicted octanol–water partition coefficient (Wildman–Crippen LogP) is 3.06. The maximum absolute atomic E-state index is 1.54. The third kappa shape index (κ3) is 4.39. The van der Waals surface area contributed by atoms with Crippen LogP contribution in [0.25, 0.3) is 0 Å². The fourth-order valence-corrected chi connectivity index (χ4v) is 2.73. The number of hydrogen-bond acceptors (Lipinski definition) is 0. The molecule has 0 unspecified atom stereocenters. The van der Waals surface area contributed by atoms with E-state index in [1.165, 1.54) is 59.1 Å². The fourth-order valence-electron chi connectivity index (χ4n) is 2.06. The first-order chi connectivity index (χ1) is 5.43. The van der Waals surface area contributed by atoms with Gasteiger partial charge < -0.3 is 0 Å². The van der Waals surface area contributed by atoms with Crippen LogP contribution in [0.5, 0.6) is 0 Å². The average molecular weight is 259 g/mol. The van der Waals surface area contributed by atoms with E-state index in [-0.39, 0.29) is 0 Å². The summed E-state index contributed by atoms with van der Waals surface area (Å²) in [6.45, 7) is 0. The van der Waals surface area contributed by atoms with Crippen LogP contribution in [0, 0.1) is 5.92 Å². The molecular weight excluding hydrogens is 239 g/mol. The normalized spacial score (nSPS) is 21.5. The number of hydrogen-bond donors (Lipinski definition) is 0. The summed E-state index contributed by atoms with van der Waals surface area (Å²) >= 11 is 1.47. The summed E-state index contributed by atoms with van der Waals surface area (Å²) < 4.78 is 1.52. The van der Waals surface area contributed by atoms with Gasteiger partial charge in [-0.15, -0.1) is 0 Å². The van der Waals surface area contributed by atoms with Crippen molar-refractivity contribution in [2.24, 2.45) is 5.92 Å². The summed E-state index contributed by atoms with van der Waals surface area (Å²) in [7, 11) is 0. The van der Waals surface area contributed by atoms with Crippen molar-refractivity contribution in [3.05, 3.63) is 0 Å². The molecular formula is C10H20Sn. The molecule has 0 amide bonds. The van der Waals surface area contributed by atoms with Crippen molar-refractivity contribution in [2.45, 2.75) is 55.8 Å². The van der Waals surface area contributed by atoms with Gasteiger partial charge in [-0.3, -0.25) is 0 Å². The van der Waals surface area contributed by atoms with Crippen molar-refractivity contribution >= 4 is 22.5 Å². The van der Waals surface area contributed by atoms with E-state index >= 15 is 0 Å². The molecule has 0 atom stereocenters. The van der Waals surface area contributed by atoms with E-state index in [1.54, 1.807) is 19.3 Å². The molecule has 1 saturated carbocycles. The third-order valence-electron chi connectivity index (χ3n) is 2.79. The standard InChI is InChI=1S/C10H19.Sn.H/c1-2-7-10-8-5-3-4-6-9-10;;/h10H,1-9H2;;. The fraction of sp³-hybridized carbons (Fsp3) is 1.00. The monoisotopic (exact) mass is 260 g/mol. The molecule has 0 spiro atoms. The van der Waals surface area contributed by atoms with Crippen LogP contribution in [0.3, 0.4) is 0 Å². The van der Waals surface area contributed by atoms with Gasteiger partial charge in [0.05, 0.1) is 0 Å². The zero-order valence-corrected chi connectivity index (χ0v) is 10.8. The Morgan fingerprint density at radius 2 is 1.64 bits per heavy atom. The molecule has 0 saturated heterocycles. The van der Waals surface area contributed by atoms with Crippen LogP contribution in [-0.4, -0.2) is 22.5 Å². The van der Waals surface area contributed by atoms with Gasteiger partial charge in [0.25, 0.3) is 0 Å². The second-order valence-electron chi connectivity index (χ2n) is 3.79. The zero-order chi connectivity index (χ0) is 7.94. The van der Waals surface area contributed by atoms with Crippen LogP contribution in [-0.2, 0) is 0 Å². The summed E-state index contributed by atoms with van der Waals surface area (Å²) in [6, 6.07) is 0. The molecule has 11 heavy (non-hydrogen) atoms. The Hall–Kier alpha value is 0.799. The second kappa shape index (κ2) is 6.33. The van der Waals surface area contributed by atoms with E-state index in [2.05, 4.69) is 0 Å². The first-order valence-electron chi connectivity index (χ1n) is 5.13. The molecule has 0 bridgehead atoms. The van der Waals surface area contributed by atoms with Crippen molar-refractivity contribution in [3.63, 3.8) is 0 Å². The van der Waals surface area contributed by atoms with E-state index in [1.807, 2.05) is 0 Å².